The van der Waals surface area contributed by atoms with E-state index in [4.69, 9.17) is 38.2 Å². The fourth-order valence-corrected chi connectivity index (χ4v) is 12.5. The molecule has 10 rings (SSSR count). The number of ether oxygens (including phenoxy) is 1. The highest BCUT2D eigenvalue weighted by Gasteiger charge is 2.33. The summed E-state index contributed by atoms with van der Waals surface area (Å²) >= 11 is 14.6. The number of amides is 6. The largest absolute Gasteiger partial charge is 0.495 e. The van der Waals surface area contributed by atoms with Gasteiger partial charge in [-0.25, -0.2) is 19.6 Å². The summed E-state index contributed by atoms with van der Waals surface area (Å²) in [7, 11) is 1.26. The van der Waals surface area contributed by atoms with Crippen molar-refractivity contribution in [2.45, 2.75) is 82.5 Å². The van der Waals surface area contributed by atoms with Gasteiger partial charge in [0.25, 0.3) is 11.8 Å². The Labute approximate surface area is 521 Å². The van der Waals surface area contributed by atoms with Crippen molar-refractivity contribution >= 4 is 124 Å². The Bertz CT molecular complexity index is 3930. The van der Waals surface area contributed by atoms with E-state index in [2.05, 4.69) is 66.2 Å². The van der Waals surface area contributed by atoms with Gasteiger partial charge >= 0.3 is 30.2 Å². The smallest absolute Gasteiger partial charge is 0.416 e. The highest BCUT2D eigenvalue weighted by atomic mass is 35.5. The van der Waals surface area contributed by atoms with Crippen molar-refractivity contribution in [2.75, 3.05) is 30.8 Å². The topological polar surface area (TPSA) is 250 Å². The fourth-order valence-electron chi connectivity index (χ4n) is 10.0. The number of rotatable bonds is 19. The number of thiazole rings is 2. The summed E-state index contributed by atoms with van der Waals surface area (Å²) in [4.78, 5) is 81.6. The Morgan fingerprint density at radius 1 is 0.602 bits per heavy atom. The lowest BCUT2D eigenvalue weighted by Gasteiger charge is -2.21. The highest BCUT2D eigenvalue weighted by molar-refractivity contribution is 7.23. The number of benzene rings is 6. The number of alkyl halides is 3. The number of nitrogens with one attached hydrogen (secondary N) is 6. The Hall–Kier alpha value is -8.83. The molecule has 2 aromatic heterocycles. The summed E-state index contributed by atoms with van der Waals surface area (Å²) in [6, 6.07) is 32.2. The van der Waals surface area contributed by atoms with Crippen LogP contribution >= 0.6 is 45.9 Å². The van der Waals surface area contributed by atoms with Crippen LogP contribution in [0.15, 0.2) is 133 Å². The average Bonchev–Trinajstić information content (AvgIpc) is 2.74. The second-order valence-electron chi connectivity index (χ2n) is 20.6. The van der Waals surface area contributed by atoms with E-state index < -0.39 is 53.7 Å². The number of halogens is 5. The maximum absolute atomic E-state index is 13.4. The molecule has 0 radical (unpaired) electrons. The number of urea groups is 2. The van der Waals surface area contributed by atoms with E-state index in [0.717, 1.165) is 82.5 Å². The summed E-state index contributed by atoms with van der Waals surface area (Å²) in [6.07, 6.45) is 8.43. The van der Waals surface area contributed by atoms with Crippen molar-refractivity contribution in [2.24, 2.45) is 0 Å². The van der Waals surface area contributed by atoms with Crippen LogP contribution in [0.3, 0.4) is 0 Å². The first-order valence-electron chi connectivity index (χ1n) is 28.0. The minimum absolute atomic E-state index is 0.00563. The molecule has 0 saturated carbocycles. The normalized spacial score (nSPS) is 13.8. The molecule has 0 aliphatic heterocycles. The molecule has 88 heavy (non-hydrogen) atoms. The number of hydrogen-bond acceptors (Lipinski definition) is 11. The lowest BCUT2D eigenvalue weighted by molar-refractivity contribution is -0.138. The third-order valence-corrected chi connectivity index (χ3v) is 16.9. The van der Waals surface area contributed by atoms with Crippen LogP contribution < -0.4 is 36.6 Å². The predicted molar refractivity (Wildman–Crippen MR) is 337 cm³/mol. The van der Waals surface area contributed by atoms with E-state index in [9.17, 15) is 41.9 Å². The number of aliphatic carboxylic acids is 2. The van der Waals surface area contributed by atoms with Gasteiger partial charge in [0.05, 0.1) is 57.5 Å². The molecular weight excluding hydrogens is 1220 g/mol. The number of carboxylic acid groups (broad SMARTS) is 2. The number of anilines is 2. The van der Waals surface area contributed by atoms with Gasteiger partial charge in [0.15, 0.2) is 10.3 Å². The maximum atomic E-state index is 13.4. The second kappa shape index (κ2) is 29.2. The number of carbonyl (C=O) groups excluding carboxylic acids is 4. The van der Waals surface area contributed by atoms with Gasteiger partial charge in [-0.3, -0.25) is 29.8 Å². The van der Waals surface area contributed by atoms with Gasteiger partial charge in [-0.15, -0.1) is 0 Å². The Kier molecular flexibility index (Phi) is 21.2. The lowest BCUT2D eigenvalue weighted by Crippen LogP contribution is -2.33. The van der Waals surface area contributed by atoms with Crippen LogP contribution in [0.2, 0.25) is 10.0 Å². The monoisotopic (exact) mass is 1270 g/mol. The summed E-state index contributed by atoms with van der Waals surface area (Å²) in [5.41, 5.74) is 8.30. The van der Waals surface area contributed by atoms with Crippen LogP contribution in [-0.2, 0) is 15.8 Å². The van der Waals surface area contributed by atoms with Gasteiger partial charge in [-0.05, 0) is 144 Å². The Morgan fingerprint density at radius 3 is 1.48 bits per heavy atom. The molecule has 0 fully saturated rings. The number of nitrogens with zero attached hydrogens (tertiary/aromatic N) is 2. The quantitative estimate of drug-likeness (QED) is 0.0378. The van der Waals surface area contributed by atoms with Crippen LogP contribution in [-0.4, -0.2) is 76.2 Å². The first kappa shape index (κ1) is 63.7. The number of hydrogen-bond donors (Lipinski definition) is 8. The molecule has 24 heteroatoms. The molecule has 2 aliphatic rings. The minimum atomic E-state index is -4.60. The molecule has 2 atom stereocenters. The van der Waals surface area contributed by atoms with Crippen molar-refractivity contribution in [1.29, 1.82) is 0 Å². The van der Waals surface area contributed by atoms with Crippen molar-refractivity contribution < 1.29 is 56.9 Å². The molecule has 0 spiro atoms. The van der Waals surface area contributed by atoms with Crippen molar-refractivity contribution in [3.63, 3.8) is 0 Å². The average molecular weight is 1280 g/mol. The number of carbonyl (C=O) groups is 6. The van der Waals surface area contributed by atoms with Crippen LogP contribution in [0, 0.1) is 0 Å². The van der Waals surface area contributed by atoms with Gasteiger partial charge < -0.3 is 36.2 Å². The van der Waals surface area contributed by atoms with E-state index in [1.54, 1.807) is 60.7 Å². The predicted octanol–water partition coefficient (Wildman–Crippen LogP) is 15.1. The number of carboxylic acids is 2. The molecule has 456 valence electrons. The van der Waals surface area contributed by atoms with Crippen molar-refractivity contribution in [1.82, 2.24) is 31.2 Å². The summed E-state index contributed by atoms with van der Waals surface area (Å²) in [6.45, 7) is 0.0183. The molecule has 2 heterocycles. The zero-order chi connectivity index (χ0) is 62.5. The first-order chi connectivity index (χ1) is 42.3. The van der Waals surface area contributed by atoms with Gasteiger partial charge in [-0.1, -0.05) is 131 Å². The number of allylic oxidation sites excluding steroid dienone is 4. The van der Waals surface area contributed by atoms with Crippen molar-refractivity contribution in [3.05, 3.63) is 194 Å². The molecule has 8 aromatic rings. The second-order valence-corrected chi connectivity index (χ2v) is 23.5. The van der Waals surface area contributed by atoms with Crippen molar-refractivity contribution in [3.8, 4) is 5.75 Å². The summed E-state index contributed by atoms with van der Waals surface area (Å²) < 4.78 is 46.4. The Balaban J connectivity index is 0.000000210. The fraction of sp³-hybridized carbons (Fsp3) is 0.250. The lowest BCUT2D eigenvalue weighted by atomic mass is 9.91. The highest BCUT2D eigenvalue weighted by Crippen LogP contribution is 2.41. The van der Waals surface area contributed by atoms with E-state index in [1.165, 1.54) is 54.4 Å². The minimum Gasteiger partial charge on any atom is -0.495 e. The van der Waals surface area contributed by atoms with E-state index in [0.29, 0.717) is 42.1 Å². The third kappa shape index (κ3) is 16.8. The summed E-state index contributed by atoms with van der Waals surface area (Å²) in [5, 5.41) is 35.5. The number of methoxy groups -OCH3 is 1. The number of fused-ring (bicyclic) bond motifs is 2. The van der Waals surface area contributed by atoms with Crippen LogP contribution in [0.5, 0.6) is 5.75 Å². The molecule has 8 N–H and O–H groups in total. The SMILES string of the molecule is COc1cc(C(F)(F)F)cc2nc(NC(=O)NC(c3ccc(C(=O)NCCC(=O)O)cc3)c3ccc(C4=CCCCC4)cc3)sc12.O=C(O)CCNC(=O)c1ccc(C(NC(=O)Nc2nc3c(Cl)cc(Cl)cc3s2)c2ccc(C3=CCCCC3)cc2)cc1. The molecule has 6 aromatic carbocycles. The molecular formula is C64H59Cl2F3N8O9S2. The maximum Gasteiger partial charge on any atom is 0.416 e. The van der Waals surface area contributed by atoms with Crippen LogP contribution in [0.4, 0.5) is 33.0 Å². The first-order valence-corrected chi connectivity index (χ1v) is 30.4. The third-order valence-electron chi connectivity index (χ3n) is 14.5. The van der Waals surface area contributed by atoms with Gasteiger partial charge in [0.1, 0.15) is 11.3 Å². The standard InChI is InChI=1S/C33H31F3N4O5S.C31H28Cl2N4O4S/c1-45-26-18-24(33(34,35)36)17-25-29(26)46-32(38-25)40-31(44)39-28(21-9-7-20(8-10-21)19-5-3-2-4-6-19)22-11-13-23(14-12-22)30(43)37-16-15-27(41)42;32-23-16-24(33)28-25(17-23)42-31(36-28)37-30(41)35-27(20-8-6-19(7-9-20)18-4-2-1-3-5-18)21-10-12-22(13-11-21)29(40)34-15-14-26(38)39/h5,7-14,17-18,28H,2-4,6,15-16H2,1H3,(H,37,43)(H,41,42)(H2,38,39,40,44);4,6-13,16-17,27H,1-3,5,14-15H2,(H,34,40)(H,38,39)(H2,35,36,37,41). The van der Waals surface area contributed by atoms with E-state index >= 15 is 0 Å². The molecule has 0 saturated heterocycles. The summed E-state index contributed by atoms with van der Waals surface area (Å²) in [5.74, 6) is -2.81. The zero-order valence-electron chi connectivity index (χ0n) is 47.2. The van der Waals surface area contributed by atoms with Crippen LogP contribution in [0.25, 0.3) is 31.6 Å². The van der Waals surface area contributed by atoms with E-state index in [1.807, 2.05) is 36.4 Å². The molecule has 0 bridgehead atoms. The molecule has 2 aliphatic carbocycles. The molecule has 6 amide bonds. The van der Waals surface area contributed by atoms with Gasteiger partial charge in [-0.2, -0.15) is 13.2 Å². The van der Waals surface area contributed by atoms with Crippen LogP contribution in [0.1, 0.15) is 136 Å². The zero-order valence-corrected chi connectivity index (χ0v) is 50.3. The number of aromatic nitrogens is 2. The Morgan fingerprint density at radius 2 is 1.06 bits per heavy atom. The molecule has 2 unspecified atom stereocenters. The molecule has 17 nitrogen and oxygen atoms in total. The van der Waals surface area contributed by atoms with Gasteiger partial charge in [0, 0.05) is 29.2 Å². The van der Waals surface area contributed by atoms with E-state index in [-0.39, 0.29) is 48.2 Å². The van der Waals surface area contributed by atoms with Gasteiger partial charge in [0.2, 0.25) is 0 Å².